The highest BCUT2D eigenvalue weighted by atomic mass is 35.5. The first-order valence-electron chi connectivity index (χ1n) is 7.97. The predicted octanol–water partition coefficient (Wildman–Crippen LogP) is 4.56. The Balaban J connectivity index is 1.70. The fraction of sp³-hybridized carbons (Fsp3) is 0.158. The van der Waals surface area contributed by atoms with E-state index in [1.165, 1.54) is 0 Å². The van der Waals surface area contributed by atoms with Crippen LogP contribution in [0.25, 0.3) is 0 Å². The van der Waals surface area contributed by atoms with Gasteiger partial charge in [0.05, 0.1) is 18.4 Å². The maximum Gasteiger partial charge on any atom is 0.255 e. The van der Waals surface area contributed by atoms with E-state index in [0.29, 0.717) is 27.8 Å². The van der Waals surface area contributed by atoms with E-state index < -0.39 is 0 Å². The fourth-order valence-electron chi connectivity index (χ4n) is 2.47. The molecule has 0 atom stereocenters. The Bertz CT molecular complexity index is 937. The van der Waals surface area contributed by atoms with Crippen molar-refractivity contribution < 1.29 is 4.79 Å². The fourth-order valence-corrected chi connectivity index (χ4v) is 2.94. The predicted molar refractivity (Wildman–Crippen MR) is 107 cm³/mol. The number of carbonyl (C=O) groups excluding carboxylic acids is 1. The van der Waals surface area contributed by atoms with Gasteiger partial charge in [-0.25, -0.2) is 0 Å². The molecule has 0 aliphatic rings. The van der Waals surface area contributed by atoms with Gasteiger partial charge < -0.3 is 10.2 Å². The normalized spacial score (nSPS) is 10.6. The Hall–Kier alpha value is -2.50. The van der Waals surface area contributed by atoms with Crippen molar-refractivity contribution in [1.29, 1.82) is 0 Å². The zero-order valence-electron chi connectivity index (χ0n) is 14.4. The van der Waals surface area contributed by atoms with Gasteiger partial charge in [0.15, 0.2) is 0 Å². The lowest BCUT2D eigenvalue weighted by Crippen LogP contribution is -2.14. The van der Waals surface area contributed by atoms with E-state index >= 15 is 0 Å². The molecule has 1 N–H and O–H groups in total. The zero-order chi connectivity index (χ0) is 18.7. The molecular formula is C19H18Cl2N4O. The molecule has 7 heteroatoms. The average molecular weight is 389 g/mol. The Morgan fingerprint density at radius 2 is 2.00 bits per heavy atom. The second kappa shape index (κ2) is 7.81. The van der Waals surface area contributed by atoms with Crippen LogP contribution in [0.15, 0.2) is 54.9 Å². The highest BCUT2D eigenvalue weighted by molar-refractivity contribution is 6.35. The third-order valence-corrected chi connectivity index (χ3v) is 4.45. The number of amides is 1. The van der Waals surface area contributed by atoms with Gasteiger partial charge in [0.25, 0.3) is 5.91 Å². The minimum absolute atomic E-state index is 0.183. The van der Waals surface area contributed by atoms with Crippen molar-refractivity contribution in [3.05, 3.63) is 76.0 Å². The van der Waals surface area contributed by atoms with Gasteiger partial charge >= 0.3 is 0 Å². The van der Waals surface area contributed by atoms with Crippen molar-refractivity contribution >= 4 is 40.5 Å². The first kappa shape index (κ1) is 18.3. The molecule has 0 aliphatic carbocycles. The molecule has 3 rings (SSSR count). The van der Waals surface area contributed by atoms with Gasteiger partial charge in [0.2, 0.25) is 0 Å². The summed E-state index contributed by atoms with van der Waals surface area (Å²) in [5, 5.41) is 8.30. The van der Waals surface area contributed by atoms with E-state index in [0.717, 1.165) is 11.3 Å². The van der Waals surface area contributed by atoms with Crippen molar-refractivity contribution in [3.63, 3.8) is 0 Å². The van der Waals surface area contributed by atoms with E-state index in [1.807, 2.05) is 43.3 Å². The molecule has 1 amide bonds. The summed E-state index contributed by atoms with van der Waals surface area (Å²) in [7, 11) is 3.87. The molecule has 0 spiro atoms. The van der Waals surface area contributed by atoms with Crippen molar-refractivity contribution in [2.24, 2.45) is 0 Å². The van der Waals surface area contributed by atoms with Crippen molar-refractivity contribution in [2.45, 2.75) is 6.54 Å². The van der Waals surface area contributed by atoms with Crippen LogP contribution in [0.4, 0.5) is 11.4 Å². The minimum atomic E-state index is -0.183. The molecule has 0 aliphatic heterocycles. The summed E-state index contributed by atoms with van der Waals surface area (Å²) in [5.41, 5.74) is 3.07. The minimum Gasteiger partial charge on any atom is -0.378 e. The van der Waals surface area contributed by atoms with Crippen molar-refractivity contribution in [2.75, 3.05) is 24.3 Å². The molecule has 0 saturated heterocycles. The lowest BCUT2D eigenvalue weighted by molar-refractivity contribution is 0.102. The topological polar surface area (TPSA) is 50.2 Å². The summed E-state index contributed by atoms with van der Waals surface area (Å²) in [6.07, 6.45) is 3.37. The maximum atomic E-state index is 12.4. The maximum absolute atomic E-state index is 12.4. The number of hydrogen-bond donors (Lipinski definition) is 1. The molecule has 26 heavy (non-hydrogen) atoms. The van der Waals surface area contributed by atoms with Crippen molar-refractivity contribution in [3.8, 4) is 0 Å². The lowest BCUT2D eigenvalue weighted by Gasteiger charge is -2.13. The molecule has 0 radical (unpaired) electrons. The molecular weight excluding hydrogens is 371 g/mol. The Kier molecular flexibility index (Phi) is 5.49. The largest absolute Gasteiger partial charge is 0.378 e. The number of rotatable bonds is 5. The summed E-state index contributed by atoms with van der Waals surface area (Å²) in [6, 6.07) is 12.8. The molecule has 0 bridgehead atoms. The highest BCUT2D eigenvalue weighted by Gasteiger charge is 2.10. The van der Waals surface area contributed by atoms with Crippen molar-refractivity contribution in [1.82, 2.24) is 9.78 Å². The molecule has 1 aromatic heterocycles. The van der Waals surface area contributed by atoms with E-state index in [-0.39, 0.29) is 5.91 Å². The van der Waals surface area contributed by atoms with Crippen LogP contribution >= 0.6 is 23.2 Å². The molecule has 3 aromatic rings. The van der Waals surface area contributed by atoms with Gasteiger partial charge in [0.1, 0.15) is 0 Å². The third-order valence-electron chi connectivity index (χ3n) is 3.86. The van der Waals surface area contributed by atoms with Crippen LogP contribution in [0.1, 0.15) is 15.9 Å². The van der Waals surface area contributed by atoms with Gasteiger partial charge in [-0.05, 0) is 35.9 Å². The second-order valence-corrected chi connectivity index (χ2v) is 6.90. The Morgan fingerprint density at radius 3 is 2.73 bits per heavy atom. The summed E-state index contributed by atoms with van der Waals surface area (Å²) < 4.78 is 1.71. The summed E-state index contributed by atoms with van der Waals surface area (Å²) in [5.74, 6) is -0.183. The third kappa shape index (κ3) is 4.36. The number of benzene rings is 2. The average Bonchev–Trinajstić information content (AvgIpc) is 3.04. The van der Waals surface area contributed by atoms with Crippen LogP contribution in [0.3, 0.4) is 0 Å². The lowest BCUT2D eigenvalue weighted by atomic mass is 10.2. The monoisotopic (exact) mass is 388 g/mol. The molecule has 5 nitrogen and oxygen atoms in total. The SMILES string of the molecule is CN(C)c1cccc(C(=O)Nc2cnn(Cc3ccc(Cl)cc3Cl)c2)c1. The number of halogens is 2. The van der Waals surface area contributed by atoms with E-state index in [1.54, 1.807) is 35.3 Å². The molecule has 0 saturated carbocycles. The molecule has 0 unspecified atom stereocenters. The van der Waals surface area contributed by atoms with Gasteiger partial charge in [-0.2, -0.15) is 5.10 Å². The summed E-state index contributed by atoms with van der Waals surface area (Å²) >= 11 is 12.1. The van der Waals surface area contributed by atoms with Crippen LogP contribution in [-0.4, -0.2) is 29.8 Å². The summed E-state index contributed by atoms with van der Waals surface area (Å²) in [4.78, 5) is 14.4. The quantitative estimate of drug-likeness (QED) is 0.696. The van der Waals surface area contributed by atoms with E-state index in [4.69, 9.17) is 23.2 Å². The molecule has 1 heterocycles. The smallest absolute Gasteiger partial charge is 0.255 e. The van der Waals surface area contributed by atoms with Gasteiger partial charge in [0, 0.05) is 41.6 Å². The van der Waals surface area contributed by atoms with Crippen LogP contribution in [0.5, 0.6) is 0 Å². The molecule has 134 valence electrons. The number of aromatic nitrogens is 2. The van der Waals surface area contributed by atoms with Crippen LogP contribution < -0.4 is 10.2 Å². The number of anilines is 2. The first-order valence-corrected chi connectivity index (χ1v) is 8.73. The summed E-state index contributed by atoms with van der Waals surface area (Å²) in [6.45, 7) is 0.488. The zero-order valence-corrected chi connectivity index (χ0v) is 15.9. The first-order chi connectivity index (χ1) is 12.4. The molecule has 0 fully saturated rings. The Labute approximate surface area is 162 Å². The molecule has 2 aromatic carbocycles. The van der Waals surface area contributed by atoms with Gasteiger partial charge in [-0.1, -0.05) is 35.3 Å². The number of carbonyl (C=O) groups is 1. The van der Waals surface area contributed by atoms with E-state index in [2.05, 4.69) is 10.4 Å². The second-order valence-electron chi connectivity index (χ2n) is 6.06. The Morgan fingerprint density at radius 1 is 1.19 bits per heavy atom. The van der Waals surface area contributed by atoms with E-state index in [9.17, 15) is 4.79 Å². The van der Waals surface area contributed by atoms with Crippen LogP contribution in [-0.2, 0) is 6.54 Å². The number of nitrogens with one attached hydrogen (secondary N) is 1. The van der Waals surface area contributed by atoms with Crippen LogP contribution in [0, 0.1) is 0 Å². The van der Waals surface area contributed by atoms with Gasteiger partial charge in [-0.3, -0.25) is 9.48 Å². The van der Waals surface area contributed by atoms with Gasteiger partial charge in [-0.15, -0.1) is 0 Å². The number of hydrogen-bond acceptors (Lipinski definition) is 3. The van der Waals surface area contributed by atoms with Crippen LogP contribution in [0.2, 0.25) is 10.0 Å². The number of nitrogens with zero attached hydrogens (tertiary/aromatic N) is 3. The standard InChI is InChI=1S/C19H18Cl2N4O/c1-24(2)17-5-3-4-13(8-17)19(26)23-16-10-22-25(12-16)11-14-6-7-15(20)9-18(14)21/h3-10,12H,11H2,1-2H3,(H,23,26). The highest BCUT2D eigenvalue weighted by Crippen LogP contribution is 2.22.